The van der Waals surface area contributed by atoms with Crippen molar-refractivity contribution in [2.45, 2.75) is 25.8 Å². The number of benzene rings is 1. The fourth-order valence-electron chi connectivity index (χ4n) is 1.38. The van der Waals surface area contributed by atoms with Crippen LogP contribution in [0, 0.1) is 0 Å². The van der Waals surface area contributed by atoms with E-state index in [2.05, 4.69) is 5.32 Å². The Morgan fingerprint density at radius 1 is 1.53 bits per heavy atom. The minimum absolute atomic E-state index is 0.247. The van der Waals surface area contributed by atoms with Crippen LogP contribution < -0.4 is 11.1 Å². The molecule has 3 N–H and O–H groups in total. The first kappa shape index (κ1) is 13.6. The van der Waals surface area contributed by atoms with Crippen LogP contribution in [0.3, 0.4) is 0 Å². The van der Waals surface area contributed by atoms with Gasteiger partial charge >= 0.3 is 0 Å². The third-order valence-corrected chi connectivity index (χ3v) is 2.54. The number of rotatable bonds is 4. The van der Waals surface area contributed by atoms with Gasteiger partial charge in [-0.05, 0) is 31.5 Å². The van der Waals surface area contributed by atoms with Crippen molar-refractivity contribution in [3.05, 3.63) is 35.4 Å². The second-order valence-electron chi connectivity index (χ2n) is 4.02. The Morgan fingerprint density at radius 2 is 2.18 bits per heavy atom. The summed E-state index contributed by atoms with van der Waals surface area (Å²) in [5, 5.41) is 2.60. The Hall–Kier alpha value is -1.49. The Bertz CT molecular complexity index is 405. The molecule has 0 aliphatic heterocycles. The Kier molecular flexibility index (Phi) is 4.17. The Balaban J connectivity index is 3.05. The normalized spacial score (nSPS) is 14.5. The molecule has 0 radical (unpaired) electrons. The van der Waals surface area contributed by atoms with Gasteiger partial charge in [-0.3, -0.25) is 4.79 Å². The van der Waals surface area contributed by atoms with Crippen LogP contribution in [-0.4, -0.2) is 18.9 Å². The van der Waals surface area contributed by atoms with Crippen LogP contribution in [-0.2, 0) is 5.54 Å². The van der Waals surface area contributed by atoms with E-state index in [0.29, 0.717) is 12.1 Å². The summed E-state index contributed by atoms with van der Waals surface area (Å²) in [4.78, 5) is 11.6. The van der Waals surface area contributed by atoms with E-state index in [-0.39, 0.29) is 11.5 Å². The molecular formula is C12H16F2N2O. The van der Waals surface area contributed by atoms with Crippen molar-refractivity contribution in [2.24, 2.45) is 5.73 Å². The summed E-state index contributed by atoms with van der Waals surface area (Å²) < 4.78 is 25.5. The van der Waals surface area contributed by atoms with Crippen LogP contribution in [0.2, 0.25) is 0 Å². The van der Waals surface area contributed by atoms with E-state index in [9.17, 15) is 13.6 Å². The molecule has 0 aromatic heterocycles. The number of carbonyl (C=O) groups is 1. The second kappa shape index (κ2) is 5.23. The summed E-state index contributed by atoms with van der Waals surface area (Å²) in [5.41, 5.74) is 4.38. The van der Waals surface area contributed by atoms with Gasteiger partial charge in [-0.1, -0.05) is 12.1 Å². The number of nitrogens with one attached hydrogen (secondary N) is 1. The molecule has 1 unspecified atom stereocenters. The van der Waals surface area contributed by atoms with Crippen LogP contribution in [0.15, 0.2) is 24.3 Å². The molecule has 5 heteroatoms. The van der Waals surface area contributed by atoms with E-state index in [1.807, 2.05) is 0 Å². The van der Waals surface area contributed by atoms with Crippen LogP contribution in [0.1, 0.15) is 29.8 Å². The first-order valence-electron chi connectivity index (χ1n) is 5.35. The smallest absolute Gasteiger partial charge is 0.260 e. The number of amides is 1. The molecule has 0 bridgehead atoms. The summed E-state index contributed by atoms with van der Waals surface area (Å²) >= 11 is 0. The Labute approximate surface area is 99.0 Å². The van der Waals surface area contributed by atoms with Crippen molar-refractivity contribution in [2.75, 3.05) is 6.54 Å². The van der Waals surface area contributed by atoms with E-state index in [1.54, 1.807) is 19.1 Å². The average molecular weight is 242 g/mol. The van der Waals surface area contributed by atoms with Crippen molar-refractivity contribution in [3.8, 4) is 0 Å². The third kappa shape index (κ3) is 3.00. The maximum Gasteiger partial charge on any atom is 0.260 e. The fourth-order valence-corrected chi connectivity index (χ4v) is 1.38. The van der Waals surface area contributed by atoms with Crippen LogP contribution in [0.25, 0.3) is 0 Å². The van der Waals surface area contributed by atoms with Crippen molar-refractivity contribution >= 4 is 5.91 Å². The number of hydrogen-bond acceptors (Lipinski definition) is 2. The number of alkyl halides is 2. The number of hydrogen-bond donors (Lipinski definition) is 2. The SMILES string of the molecule is CCNC(=O)c1cccc(C(C)(N)C(F)F)c1. The van der Waals surface area contributed by atoms with Crippen LogP contribution in [0.5, 0.6) is 0 Å². The highest BCUT2D eigenvalue weighted by molar-refractivity contribution is 5.94. The molecule has 0 heterocycles. The van der Waals surface area contributed by atoms with Gasteiger partial charge in [-0.25, -0.2) is 8.78 Å². The van der Waals surface area contributed by atoms with Gasteiger partial charge in [0.05, 0.1) is 5.54 Å². The van der Waals surface area contributed by atoms with Crippen molar-refractivity contribution in [3.63, 3.8) is 0 Å². The predicted molar refractivity (Wildman–Crippen MR) is 62.0 cm³/mol. The number of carbonyl (C=O) groups excluding carboxylic acids is 1. The third-order valence-electron chi connectivity index (χ3n) is 2.54. The molecule has 0 fully saturated rings. The molecule has 94 valence electrons. The van der Waals surface area contributed by atoms with Gasteiger partial charge in [0, 0.05) is 12.1 Å². The summed E-state index contributed by atoms with van der Waals surface area (Å²) in [5.74, 6) is -0.292. The molecule has 1 aromatic carbocycles. The molecule has 0 aliphatic carbocycles. The van der Waals surface area contributed by atoms with Crippen LogP contribution in [0.4, 0.5) is 8.78 Å². The van der Waals surface area contributed by atoms with Gasteiger partial charge in [-0.2, -0.15) is 0 Å². The fraction of sp³-hybridized carbons (Fsp3) is 0.417. The molecule has 17 heavy (non-hydrogen) atoms. The molecule has 0 saturated heterocycles. The predicted octanol–water partition coefficient (Wildman–Crippen LogP) is 1.88. The lowest BCUT2D eigenvalue weighted by molar-refractivity contribution is 0.0624. The quantitative estimate of drug-likeness (QED) is 0.847. The zero-order chi connectivity index (χ0) is 13.1. The zero-order valence-corrected chi connectivity index (χ0v) is 9.84. The molecule has 1 rings (SSSR count). The van der Waals surface area contributed by atoms with E-state index < -0.39 is 12.0 Å². The maximum absolute atomic E-state index is 12.8. The largest absolute Gasteiger partial charge is 0.352 e. The summed E-state index contributed by atoms with van der Waals surface area (Å²) in [7, 11) is 0. The average Bonchev–Trinajstić information content (AvgIpc) is 2.29. The number of halogens is 2. The van der Waals surface area contributed by atoms with Crippen molar-refractivity contribution in [1.82, 2.24) is 5.32 Å². The lowest BCUT2D eigenvalue weighted by Crippen LogP contribution is -2.40. The van der Waals surface area contributed by atoms with Gasteiger partial charge in [0.25, 0.3) is 12.3 Å². The van der Waals surface area contributed by atoms with E-state index in [1.165, 1.54) is 19.1 Å². The summed E-state index contributed by atoms with van der Waals surface area (Å²) in [6.07, 6.45) is -2.69. The van der Waals surface area contributed by atoms with Crippen molar-refractivity contribution in [1.29, 1.82) is 0 Å². The lowest BCUT2D eigenvalue weighted by Gasteiger charge is -2.24. The zero-order valence-electron chi connectivity index (χ0n) is 9.84. The lowest BCUT2D eigenvalue weighted by atomic mass is 9.92. The molecule has 3 nitrogen and oxygen atoms in total. The second-order valence-corrected chi connectivity index (χ2v) is 4.02. The first-order chi connectivity index (χ1) is 7.89. The van der Waals surface area contributed by atoms with Crippen LogP contribution >= 0.6 is 0 Å². The molecule has 1 atom stereocenters. The highest BCUT2D eigenvalue weighted by atomic mass is 19.3. The van der Waals surface area contributed by atoms with E-state index in [0.717, 1.165) is 0 Å². The molecular weight excluding hydrogens is 226 g/mol. The standard InChI is InChI=1S/C12H16F2N2O/c1-3-16-10(17)8-5-4-6-9(7-8)12(2,15)11(13)14/h4-7,11H,3,15H2,1-2H3,(H,16,17). The number of nitrogens with two attached hydrogens (primary N) is 1. The molecule has 0 aliphatic rings. The monoisotopic (exact) mass is 242 g/mol. The first-order valence-corrected chi connectivity index (χ1v) is 5.35. The van der Waals surface area contributed by atoms with Gasteiger partial charge < -0.3 is 11.1 Å². The van der Waals surface area contributed by atoms with Gasteiger partial charge in [0.1, 0.15) is 0 Å². The summed E-state index contributed by atoms with van der Waals surface area (Å²) in [6.45, 7) is 3.51. The van der Waals surface area contributed by atoms with Gasteiger partial charge in [-0.15, -0.1) is 0 Å². The topological polar surface area (TPSA) is 55.1 Å². The molecule has 0 saturated carbocycles. The molecule has 0 spiro atoms. The summed E-state index contributed by atoms with van der Waals surface area (Å²) in [6, 6.07) is 6.01. The maximum atomic E-state index is 12.8. The highest BCUT2D eigenvalue weighted by Crippen LogP contribution is 2.25. The highest BCUT2D eigenvalue weighted by Gasteiger charge is 2.32. The molecule has 1 aromatic rings. The van der Waals surface area contributed by atoms with E-state index in [4.69, 9.17) is 5.73 Å². The minimum Gasteiger partial charge on any atom is -0.352 e. The van der Waals surface area contributed by atoms with E-state index >= 15 is 0 Å². The van der Waals surface area contributed by atoms with Crippen molar-refractivity contribution < 1.29 is 13.6 Å². The Morgan fingerprint density at radius 3 is 2.71 bits per heavy atom. The molecule has 1 amide bonds. The van der Waals surface area contributed by atoms with Gasteiger partial charge in [0.2, 0.25) is 0 Å². The minimum atomic E-state index is -2.69. The van der Waals surface area contributed by atoms with Gasteiger partial charge in [0.15, 0.2) is 0 Å².